The minimum atomic E-state index is 0.792. The van der Waals surface area contributed by atoms with Crippen LogP contribution in [0.1, 0.15) is 68.3 Å². The molecule has 0 radical (unpaired) electrons. The van der Waals surface area contributed by atoms with Crippen LogP contribution in [0.4, 0.5) is 0 Å². The Kier molecular flexibility index (Phi) is 12.5. The number of pyridine rings is 1. The van der Waals surface area contributed by atoms with Gasteiger partial charge in [-0.25, -0.2) is 24.9 Å². The molecule has 0 unspecified atom stereocenters. The van der Waals surface area contributed by atoms with Crippen LogP contribution in [0.15, 0.2) is 36.4 Å². The fourth-order valence-corrected chi connectivity index (χ4v) is 3.93. The van der Waals surface area contributed by atoms with Crippen LogP contribution in [0.25, 0.3) is 0 Å². The molecular formula is C30H42N6. The van der Waals surface area contributed by atoms with Gasteiger partial charge in [-0.15, -0.1) is 0 Å². The summed E-state index contributed by atoms with van der Waals surface area (Å²) >= 11 is 0. The zero-order valence-electron chi connectivity index (χ0n) is 24.1. The van der Waals surface area contributed by atoms with Gasteiger partial charge in [0.05, 0.1) is 0 Å². The first-order valence-corrected chi connectivity index (χ1v) is 12.1. The molecule has 4 aromatic rings. The first kappa shape index (κ1) is 30.5. The van der Waals surface area contributed by atoms with E-state index < -0.39 is 0 Å². The van der Waals surface area contributed by atoms with Gasteiger partial charge in [0.15, 0.2) is 0 Å². The van der Waals surface area contributed by atoms with Gasteiger partial charge in [-0.2, -0.15) is 0 Å². The third-order valence-corrected chi connectivity index (χ3v) is 4.66. The number of hydrogen-bond donors (Lipinski definition) is 0. The van der Waals surface area contributed by atoms with E-state index in [4.69, 9.17) is 0 Å². The van der Waals surface area contributed by atoms with Crippen LogP contribution in [0.5, 0.6) is 0 Å². The normalized spacial score (nSPS) is 9.67. The Balaban J connectivity index is 0.000000240. The Labute approximate surface area is 217 Å². The summed E-state index contributed by atoms with van der Waals surface area (Å²) in [5, 5.41) is 0. The predicted molar refractivity (Wildman–Crippen MR) is 149 cm³/mol. The molecule has 4 rings (SSSR count). The lowest BCUT2D eigenvalue weighted by molar-refractivity contribution is 0.875. The second-order valence-electron chi connectivity index (χ2n) is 9.27. The minimum Gasteiger partial charge on any atom is -0.258 e. The number of benzene rings is 1. The van der Waals surface area contributed by atoms with Crippen molar-refractivity contribution in [2.45, 2.75) is 83.1 Å². The molecule has 3 aromatic heterocycles. The van der Waals surface area contributed by atoms with Crippen molar-refractivity contribution >= 4 is 0 Å². The average molecular weight is 487 g/mol. The van der Waals surface area contributed by atoms with Gasteiger partial charge in [-0.05, 0) is 107 Å². The van der Waals surface area contributed by atoms with Gasteiger partial charge < -0.3 is 0 Å². The molecule has 0 aliphatic heterocycles. The maximum Gasteiger partial charge on any atom is 0.129 e. The zero-order valence-corrected chi connectivity index (χ0v) is 24.1. The summed E-state index contributed by atoms with van der Waals surface area (Å²) in [7, 11) is 0. The number of aromatic nitrogens is 6. The molecule has 0 fully saturated rings. The Hall–Kier alpha value is -3.54. The quantitative estimate of drug-likeness (QED) is 0.271. The second kappa shape index (κ2) is 14.8. The Bertz CT molecular complexity index is 865. The third kappa shape index (κ3) is 13.4. The second-order valence-corrected chi connectivity index (χ2v) is 9.27. The molecule has 6 heteroatoms. The molecule has 0 N–H and O–H groups in total. The van der Waals surface area contributed by atoms with Gasteiger partial charge >= 0.3 is 0 Å². The van der Waals surface area contributed by atoms with E-state index in [0.717, 1.165) is 46.1 Å². The molecule has 3 heterocycles. The molecule has 0 aliphatic carbocycles. The topological polar surface area (TPSA) is 77.3 Å². The van der Waals surface area contributed by atoms with E-state index >= 15 is 0 Å². The number of rotatable bonds is 0. The lowest BCUT2D eigenvalue weighted by Gasteiger charge is -1.96. The highest BCUT2D eigenvalue weighted by Crippen LogP contribution is 2.06. The van der Waals surface area contributed by atoms with Crippen LogP contribution < -0.4 is 0 Å². The van der Waals surface area contributed by atoms with Gasteiger partial charge in [-0.3, -0.25) is 4.98 Å². The SMILES string of the molecule is Cc1cc(C)cc(C)c1.Cc1cc(C)nc(C)c1.Cc1cc(C)nc(C)n1.Cc1nc(C)nc(C)n1. The minimum absolute atomic E-state index is 0.792. The summed E-state index contributed by atoms with van der Waals surface area (Å²) in [6, 6.07) is 12.7. The molecule has 0 amide bonds. The van der Waals surface area contributed by atoms with Gasteiger partial charge in [0.1, 0.15) is 23.3 Å². The summed E-state index contributed by atoms with van der Waals surface area (Å²) in [6.45, 7) is 23.9. The van der Waals surface area contributed by atoms with Crippen molar-refractivity contribution in [2.24, 2.45) is 0 Å². The summed E-state index contributed by atoms with van der Waals surface area (Å²) in [5.41, 5.74) is 9.65. The molecule has 36 heavy (non-hydrogen) atoms. The van der Waals surface area contributed by atoms with E-state index in [-0.39, 0.29) is 0 Å². The molecule has 0 atom stereocenters. The summed E-state index contributed by atoms with van der Waals surface area (Å²) in [5.74, 6) is 3.23. The molecule has 0 saturated heterocycles. The highest BCUT2D eigenvalue weighted by molar-refractivity contribution is 5.27. The van der Waals surface area contributed by atoms with Crippen molar-refractivity contribution in [1.29, 1.82) is 0 Å². The van der Waals surface area contributed by atoms with Crippen molar-refractivity contribution in [3.8, 4) is 0 Å². The number of hydrogen-bond acceptors (Lipinski definition) is 6. The Morgan fingerprint density at radius 2 is 0.528 bits per heavy atom. The van der Waals surface area contributed by atoms with E-state index in [2.05, 4.69) is 87.9 Å². The van der Waals surface area contributed by atoms with E-state index in [0.29, 0.717) is 0 Å². The van der Waals surface area contributed by atoms with Crippen molar-refractivity contribution in [1.82, 2.24) is 29.9 Å². The van der Waals surface area contributed by atoms with E-state index in [9.17, 15) is 0 Å². The highest BCUT2D eigenvalue weighted by atomic mass is 15.0. The highest BCUT2D eigenvalue weighted by Gasteiger charge is 1.92. The zero-order chi connectivity index (χ0) is 27.4. The van der Waals surface area contributed by atoms with Crippen LogP contribution in [0.2, 0.25) is 0 Å². The van der Waals surface area contributed by atoms with E-state index in [1.54, 1.807) is 0 Å². The van der Waals surface area contributed by atoms with Gasteiger partial charge in [0, 0.05) is 22.8 Å². The Morgan fingerprint density at radius 1 is 0.278 bits per heavy atom. The lowest BCUT2D eigenvalue weighted by atomic mass is 10.1. The van der Waals surface area contributed by atoms with Crippen molar-refractivity contribution in [3.05, 3.63) is 105 Å². The van der Waals surface area contributed by atoms with Gasteiger partial charge in [0.25, 0.3) is 0 Å². The van der Waals surface area contributed by atoms with Gasteiger partial charge in [0.2, 0.25) is 0 Å². The fraction of sp³-hybridized carbons (Fsp3) is 0.400. The maximum atomic E-state index is 4.23. The molecular weight excluding hydrogens is 444 g/mol. The molecule has 1 aromatic carbocycles. The van der Waals surface area contributed by atoms with Crippen LogP contribution in [-0.2, 0) is 0 Å². The van der Waals surface area contributed by atoms with Crippen molar-refractivity contribution < 1.29 is 0 Å². The molecule has 6 nitrogen and oxygen atoms in total. The fourth-order valence-electron chi connectivity index (χ4n) is 3.93. The third-order valence-electron chi connectivity index (χ3n) is 4.66. The molecule has 192 valence electrons. The summed E-state index contributed by atoms with van der Waals surface area (Å²) in [6.07, 6.45) is 0. The van der Waals surface area contributed by atoms with Crippen LogP contribution in [0, 0.1) is 83.1 Å². The van der Waals surface area contributed by atoms with Gasteiger partial charge in [-0.1, -0.05) is 34.9 Å². The van der Waals surface area contributed by atoms with Crippen LogP contribution in [0.3, 0.4) is 0 Å². The van der Waals surface area contributed by atoms with Crippen molar-refractivity contribution in [3.63, 3.8) is 0 Å². The van der Waals surface area contributed by atoms with E-state index in [1.165, 1.54) is 22.3 Å². The monoisotopic (exact) mass is 486 g/mol. The molecule has 0 aliphatic rings. The van der Waals surface area contributed by atoms with Crippen LogP contribution in [-0.4, -0.2) is 29.9 Å². The molecule has 0 saturated carbocycles. The van der Waals surface area contributed by atoms with E-state index in [1.807, 2.05) is 61.5 Å². The molecule has 0 spiro atoms. The number of aryl methyl sites for hydroxylation is 12. The summed E-state index contributed by atoms with van der Waals surface area (Å²) < 4.78 is 0. The average Bonchev–Trinajstić information content (AvgIpc) is 2.64. The largest absolute Gasteiger partial charge is 0.258 e. The standard InChI is InChI=1S/C9H12.C8H11N.C7H10N2.C6H9N3/c1-7-4-8(2)6-9(3)5-7;1-6-4-7(2)9-8(3)5-6;1-5-4-6(2)9-7(3)8-5;1-4-7-5(2)9-6(3)8-4/h4-6H,1-3H3;4-5H,1-3H3;4H,1-3H3;1-3H3. The Morgan fingerprint density at radius 3 is 0.806 bits per heavy atom. The van der Waals surface area contributed by atoms with Crippen molar-refractivity contribution in [2.75, 3.05) is 0 Å². The first-order chi connectivity index (χ1) is 16.7. The smallest absolute Gasteiger partial charge is 0.129 e. The lowest BCUT2D eigenvalue weighted by Crippen LogP contribution is -1.97. The molecule has 0 bridgehead atoms. The van der Waals surface area contributed by atoms with Crippen LogP contribution >= 0.6 is 0 Å². The first-order valence-electron chi connectivity index (χ1n) is 12.1. The predicted octanol–water partition coefficient (Wildman–Crippen LogP) is 6.82. The number of nitrogens with zero attached hydrogens (tertiary/aromatic N) is 6. The maximum absolute atomic E-state index is 4.23. The summed E-state index contributed by atoms with van der Waals surface area (Å²) in [4.78, 5) is 24.5.